The maximum absolute atomic E-state index is 13.7. The summed E-state index contributed by atoms with van der Waals surface area (Å²) < 4.78 is 12.6. The summed E-state index contributed by atoms with van der Waals surface area (Å²) in [7, 11) is 0. The first-order valence-electron chi connectivity index (χ1n) is 14.8. The first kappa shape index (κ1) is 32.0. The molecule has 232 valence electrons. The minimum absolute atomic E-state index is 0.0446. The van der Waals surface area contributed by atoms with Crippen molar-refractivity contribution in [2.24, 2.45) is 5.92 Å². The Hall–Kier alpha value is -4.41. The van der Waals surface area contributed by atoms with Gasteiger partial charge in [-0.3, -0.25) is 14.5 Å². The zero-order valence-corrected chi connectivity index (χ0v) is 27.0. The van der Waals surface area contributed by atoms with Gasteiger partial charge in [-0.25, -0.2) is 0 Å². The number of thioether (sulfide) groups is 1. The monoisotopic (exact) mass is 641 g/mol. The largest absolute Gasteiger partial charge is 0.503 e. The number of carbonyl (C=O) groups excluding carboxylic acids is 2. The molecule has 1 unspecified atom stereocenters. The Bertz CT molecular complexity index is 1690. The van der Waals surface area contributed by atoms with Crippen molar-refractivity contribution in [1.82, 2.24) is 10.2 Å². The molecule has 1 atom stereocenters. The van der Waals surface area contributed by atoms with E-state index in [0.717, 1.165) is 17.5 Å². The Morgan fingerprint density at radius 1 is 1.02 bits per heavy atom. The molecule has 0 fully saturated rings. The number of nitrogens with zero attached hydrogens (tertiary/aromatic N) is 3. The molecular formula is C35H35N3O5S2. The minimum atomic E-state index is -0.964. The third-order valence-corrected chi connectivity index (χ3v) is 9.17. The molecule has 0 bridgehead atoms. The number of hydrogen-bond acceptors (Lipinski definition) is 9. The van der Waals surface area contributed by atoms with Gasteiger partial charge < -0.3 is 14.6 Å². The van der Waals surface area contributed by atoms with E-state index in [4.69, 9.17) is 9.47 Å². The lowest BCUT2D eigenvalue weighted by Gasteiger charge is -2.24. The normalized spacial score (nSPS) is 15.0. The van der Waals surface area contributed by atoms with Crippen LogP contribution in [0.4, 0.5) is 5.13 Å². The number of allylic oxidation sites excluding steroid dienone is 1. The number of aliphatic hydroxyl groups is 1. The number of ketones is 1. The molecule has 0 spiro atoms. The fourth-order valence-corrected chi connectivity index (χ4v) is 6.58. The van der Waals surface area contributed by atoms with Crippen molar-refractivity contribution in [3.63, 3.8) is 0 Å². The second kappa shape index (κ2) is 15.0. The van der Waals surface area contributed by atoms with Crippen molar-refractivity contribution in [3.05, 3.63) is 113 Å². The summed E-state index contributed by atoms with van der Waals surface area (Å²) in [5, 5.41) is 20.1. The van der Waals surface area contributed by atoms with Crippen LogP contribution in [-0.4, -0.2) is 40.2 Å². The van der Waals surface area contributed by atoms with Gasteiger partial charge in [-0.2, -0.15) is 0 Å². The van der Waals surface area contributed by atoms with Crippen LogP contribution in [0.15, 0.2) is 101 Å². The van der Waals surface area contributed by atoms with Crippen molar-refractivity contribution in [1.29, 1.82) is 0 Å². The van der Waals surface area contributed by atoms with E-state index in [1.807, 2.05) is 67.6 Å². The van der Waals surface area contributed by atoms with Gasteiger partial charge >= 0.3 is 0 Å². The Morgan fingerprint density at radius 3 is 2.47 bits per heavy atom. The van der Waals surface area contributed by atoms with Gasteiger partial charge in [0.2, 0.25) is 5.13 Å². The molecule has 0 saturated heterocycles. The fraction of sp³-hybridized carbons (Fsp3) is 0.257. The summed E-state index contributed by atoms with van der Waals surface area (Å²) in [5.41, 5.74) is 2.47. The van der Waals surface area contributed by atoms with Crippen LogP contribution in [0.1, 0.15) is 49.9 Å². The second-order valence-corrected chi connectivity index (χ2v) is 12.9. The summed E-state index contributed by atoms with van der Waals surface area (Å²) in [4.78, 5) is 28.7. The molecule has 1 aliphatic heterocycles. The van der Waals surface area contributed by atoms with Crippen LogP contribution < -0.4 is 14.4 Å². The number of ether oxygens (including phenoxy) is 2. The standard InChI is InChI=1S/C35H35N3O5S2/c1-4-42-29-21-26(16-18-28(29)43-20-19-23(2)3)31-30(27(39)17-15-24-11-7-5-8-12-24)32(40)33(41)38(31)34-36-37-35(45-34)44-22-25-13-9-6-10-14-25/h5-18,21,23,31,40H,4,19-20,22H2,1-3H3/b17-15+. The van der Waals surface area contributed by atoms with Crippen molar-refractivity contribution in [3.8, 4) is 11.5 Å². The highest BCUT2D eigenvalue weighted by atomic mass is 32.2. The topological polar surface area (TPSA) is 102 Å². The number of anilines is 1. The number of benzene rings is 3. The minimum Gasteiger partial charge on any atom is -0.503 e. The number of hydrogen-bond donors (Lipinski definition) is 1. The zero-order chi connectivity index (χ0) is 31.8. The number of aromatic nitrogens is 2. The van der Waals surface area contributed by atoms with Crippen LogP contribution in [0.25, 0.3) is 6.08 Å². The average Bonchev–Trinajstić information content (AvgIpc) is 3.62. The molecule has 0 saturated carbocycles. The van der Waals surface area contributed by atoms with Crippen molar-refractivity contribution >= 4 is 46.0 Å². The van der Waals surface area contributed by atoms with Gasteiger partial charge in [0, 0.05) is 5.75 Å². The zero-order valence-electron chi connectivity index (χ0n) is 25.4. The van der Waals surface area contributed by atoms with Crippen LogP contribution in [0.5, 0.6) is 11.5 Å². The summed E-state index contributed by atoms with van der Waals surface area (Å²) in [6.07, 6.45) is 3.91. The molecule has 4 aromatic rings. The average molecular weight is 642 g/mol. The van der Waals surface area contributed by atoms with Crippen molar-refractivity contribution < 1.29 is 24.2 Å². The predicted molar refractivity (Wildman–Crippen MR) is 179 cm³/mol. The first-order valence-corrected chi connectivity index (χ1v) is 16.6. The highest BCUT2D eigenvalue weighted by Gasteiger charge is 2.45. The molecule has 5 rings (SSSR count). The smallest absolute Gasteiger partial charge is 0.296 e. The van der Waals surface area contributed by atoms with Gasteiger partial charge in [0.05, 0.1) is 24.8 Å². The molecule has 2 heterocycles. The maximum atomic E-state index is 13.7. The highest BCUT2D eigenvalue weighted by molar-refractivity contribution is 8.00. The second-order valence-electron chi connectivity index (χ2n) is 10.7. The summed E-state index contributed by atoms with van der Waals surface area (Å²) in [5.74, 6) is 0.384. The molecule has 3 aromatic carbocycles. The molecule has 1 amide bonds. The molecule has 10 heteroatoms. The number of rotatable bonds is 14. The summed E-state index contributed by atoms with van der Waals surface area (Å²) >= 11 is 2.73. The van der Waals surface area contributed by atoms with E-state index >= 15 is 0 Å². The highest BCUT2D eigenvalue weighted by Crippen LogP contribution is 2.45. The molecule has 1 aliphatic rings. The first-order chi connectivity index (χ1) is 21.9. The number of aliphatic hydroxyl groups excluding tert-OH is 1. The molecule has 1 aromatic heterocycles. The van der Waals surface area contributed by atoms with Crippen molar-refractivity contribution in [2.45, 2.75) is 43.3 Å². The van der Waals surface area contributed by atoms with Gasteiger partial charge in [0.25, 0.3) is 5.91 Å². The molecule has 1 N–H and O–H groups in total. The Labute approximate surface area is 271 Å². The van der Waals surface area contributed by atoms with E-state index < -0.39 is 23.5 Å². The van der Waals surface area contributed by atoms with Gasteiger partial charge in [0.15, 0.2) is 27.4 Å². The van der Waals surface area contributed by atoms with Gasteiger partial charge in [0.1, 0.15) is 0 Å². The molecule has 0 radical (unpaired) electrons. The van der Waals surface area contributed by atoms with E-state index in [1.54, 1.807) is 24.3 Å². The number of amides is 1. The van der Waals surface area contributed by atoms with Crippen molar-refractivity contribution in [2.75, 3.05) is 18.1 Å². The lowest BCUT2D eigenvalue weighted by Crippen LogP contribution is -2.31. The van der Waals surface area contributed by atoms with Gasteiger partial charge in [-0.1, -0.05) is 110 Å². The molecule has 0 aliphatic carbocycles. The van der Waals surface area contributed by atoms with E-state index in [-0.39, 0.29) is 10.7 Å². The van der Waals surface area contributed by atoms with Crippen LogP contribution in [0, 0.1) is 5.92 Å². The Balaban J connectivity index is 1.50. The lowest BCUT2D eigenvalue weighted by atomic mass is 9.95. The van der Waals surface area contributed by atoms with Crippen LogP contribution in [0.3, 0.4) is 0 Å². The third-order valence-electron chi connectivity index (χ3n) is 7.04. The maximum Gasteiger partial charge on any atom is 0.296 e. The van der Waals surface area contributed by atoms with Crippen LogP contribution in [-0.2, 0) is 15.3 Å². The van der Waals surface area contributed by atoms with Gasteiger partial charge in [-0.05, 0) is 54.2 Å². The number of carbonyl (C=O) groups is 2. The van der Waals surface area contributed by atoms with E-state index in [0.29, 0.717) is 46.3 Å². The molecular weight excluding hydrogens is 607 g/mol. The molecule has 8 nitrogen and oxygen atoms in total. The SMILES string of the molecule is CCOc1cc(C2C(C(=O)/C=C/c3ccccc3)=C(O)C(=O)N2c2nnc(SCc3ccccc3)s2)ccc1OCCC(C)C. The lowest BCUT2D eigenvalue weighted by molar-refractivity contribution is -0.117. The summed E-state index contributed by atoms with van der Waals surface area (Å²) in [6.45, 7) is 7.05. The quantitative estimate of drug-likeness (QED) is 0.0844. The Kier molecular flexibility index (Phi) is 10.7. The van der Waals surface area contributed by atoms with Gasteiger partial charge in [-0.15, -0.1) is 10.2 Å². The third kappa shape index (κ3) is 7.82. The van der Waals surface area contributed by atoms with Crippen LogP contribution >= 0.6 is 23.1 Å². The van der Waals surface area contributed by atoms with Crippen LogP contribution in [0.2, 0.25) is 0 Å². The molecule has 45 heavy (non-hydrogen) atoms. The van der Waals surface area contributed by atoms with E-state index in [2.05, 4.69) is 24.0 Å². The van der Waals surface area contributed by atoms with E-state index in [9.17, 15) is 14.7 Å². The van der Waals surface area contributed by atoms with E-state index in [1.165, 1.54) is 34.1 Å². The predicted octanol–water partition coefficient (Wildman–Crippen LogP) is 7.84. The Morgan fingerprint density at radius 2 is 1.76 bits per heavy atom. The summed E-state index contributed by atoms with van der Waals surface area (Å²) in [6, 6.07) is 23.7. The fourth-order valence-electron chi connectivity index (χ4n) is 4.76.